The molecule has 4 amide bonds. The first-order valence-corrected chi connectivity index (χ1v) is 15.8. The zero-order valence-corrected chi connectivity index (χ0v) is 25.2. The lowest BCUT2D eigenvalue weighted by molar-refractivity contribution is 0.0591. The molecule has 2 heterocycles. The Bertz CT molecular complexity index is 2110. The number of hydrogen-bond acceptors (Lipinski definition) is 5. The summed E-state index contributed by atoms with van der Waals surface area (Å²) < 4.78 is 0. The fourth-order valence-corrected chi connectivity index (χ4v) is 7.20. The second-order valence-corrected chi connectivity index (χ2v) is 12.1. The van der Waals surface area contributed by atoms with Crippen molar-refractivity contribution < 1.29 is 19.2 Å². The maximum absolute atomic E-state index is 13.5. The summed E-state index contributed by atoms with van der Waals surface area (Å²) >= 11 is 0. The van der Waals surface area contributed by atoms with Gasteiger partial charge in [0.2, 0.25) is 0 Å². The number of rotatable bonds is 9. The van der Waals surface area contributed by atoms with E-state index in [0.717, 1.165) is 49.5 Å². The van der Waals surface area contributed by atoms with Crippen LogP contribution in [0.2, 0.25) is 0 Å². The van der Waals surface area contributed by atoms with E-state index >= 15 is 0 Å². The fourth-order valence-electron chi connectivity index (χ4n) is 7.20. The van der Waals surface area contributed by atoms with Crippen molar-refractivity contribution in [3.63, 3.8) is 0 Å². The number of imide groups is 2. The maximum Gasteiger partial charge on any atom is 0.261 e. The highest BCUT2D eigenvalue weighted by atomic mass is 16.2. The van der Waals surface area contributed by atoms with E-state index in [0.29, 0.717) is 61.3 Å². The number of nitrogens with one attached hydrogen (secondary N) is 1. The zero-order chi connectivity index (χ0) is 31.4. The van der Waals surface area contributed by atoms with Crippen LogP contribution in [0.4, 0.5) is 0 Å². The summed E-state index contributed by atoms with van der Waals surface area (Å²) in [6.45, 7) is 2.00. The lowest BCUT2D eigenvalue weighted by Crippen LogP contribution is -2.41. The van der Waals surface area contributed by atoms with E-state index in [1.165, 1.54) is 9.80 Å². The Morgan fingerprint density at radius 2 is 0.870 bits per heavy atom. The minimum atomic E-state index is -0.250. The molecule has 0 unspecified atom stereocenters. The summed E-state index contributed by atoms with van der Waals surface area (Å²) in [5.41, 5.74) is 2.30. The SMILES string of the molecule is O=C1c2cccc3c2c(cc2ccccc23)C(=O)N1CCCCNCCCN1C(=O)c2cccc3c2c(cc2ccccc23)C1=O. The second kappa shape index (κ2) is 11.2. The van der Waals surface area contributed by atoms with Gasteiger partial charge in [0.1, 0.15) is 0 Å². The first-order valence-electron chi connectivity index (χ1n) is 15.8. The van der Waals surface area contributed by atoms with Crippen molar-refractivity contribution in [3.8, 4) is 0 Å². The van der Waals surface area contributed by atoms with Gasteiger partial charge in [-0.1, -0.05) is 72.8 Å². The molecule has 226 valence electrons. The van der Waals surface area contributed by atoms with Gasteiger partial charge in [0.15, 0.2) is 0 Å². The van der Waals surface area contributed by atoms with Gasteiger partial charge in [-0.25, -0.2) is 0 Å². The predicted molar refractivity (Wildman–Crippen MR) is 180 cm³/mol. The third-order valence-corrected chi connectivity index (χ3v) is 9.39. The molecule has 0 saturated heterocycles. The Labute approximate surface area is 265 Å². The van der Waals surface area contributed by atoms with Gasteiger partial charge < -0.3 is 5.32 Å². The summed E-state index contributed by atoms with van der Waals surface area (Å²) in [7, 11) is 0. The third-order valence-electron chi connectivity index (χ3n) is 9.39. The van der Waals surface area contributed by atoms with Crippen LogP contribution in [-0.2, 0) is 0 Å². The van der Waals surface area contributed by atoms with E-state index in [9.17, 15) is 19.2 Å². The van der Waals surface area contributed by atoms with Crippen molar-refractivity contribution in [2.24, 2.45) is 0 Å². The Morgan fingerprint density at radius 3 is 1.41 bits per heavy atom. The summed E-state index contributed by atoms with van der Waals surface area (Å²) in [4.78, 5) is 56.5. The van der Waals surface area contributed by atoms with E-state index in [1.54, 1.807) is 6.07 Å². The van der Waals surface area contributed by atoms with Gasteiger partial charge in [-0.15, -0.1) is 0 Å². The van der Waals surface area contributed by atoms with Crippen molar-refractivity contribution >= 4 is 66.7 Å². The van der Waals surface area contributed by atoms with Crippen molar-refractivity contribution in [1.82, 2.24) is 15.1 Å². The van der Waals surface area contributed by atoms with E-state index in [2.05, 4.69) is 5.32 Å². The number of carbonyl (C=O) groups is 4. The monoisotopic (exact) mass is 605 g/mol. The Hall–Kier alpha value is -5.40. The molecule has 0 bridgehead atoms. The smallest absolute Gasteiger partial charge is 0.261 e. The van der Waals surface area contributed by atoms with E-state index in [1.807, 2.05) is 91.0 Å². The normalized spacial score (nSPS) is 14.4. The highest BCUT2D eigenvalue weighted by Gasteiger charge is 2.34. The third kappa shape index (κ3) is 4.38. The molecule has 6 aromatic rings. The van der Waals surface area contributed by atoms with E-state index < -0.39 is 0 Å². The van der Waals surface area contributed by atoms with Crippen LogP contribution in [0.3, 0.4) is 0 Å². The van der Waals surface area contributed by atoms with Crippen LogP contribution in [0.5, 0.6) is 0 Å². The molecule has 2 aliphatic rings. The second-order valence-electron chi connectivity index (χ2n) is 12.1. The van der Waals surface area contributed by atoms with Crippen LogP contribution in [0.25, 0.3) is 43.1 Å². The van der Waals surface area contributed by atoms with Gasteiger partial charge in [-0.05, 0) is 88.9 Å². The van der Waals surface area contributed by atoms with Crippen LogP contribution >= 0.6 is 0 Å². The Balaban J connectivity index is 0.866. The molecular formula is C39H31N3O4. The largest absolute Gasteiger partial charge is 0.317 e. The molecule has 7 heteroatoms. The average molecular weight is 606 g/mol. The standard InChI is InChI=1S/C39H31N3O4/c43-36-30-16-7-14-28-26-12-3-1-10-24(26)22-32(34(28)30)38(45)41(36)20-6-5-18-40-19-9-21-42-37(44)31-17-8-15-29-27-13-4-2-11-25(27)23-33(35(29)31)39(42)46/h1-4,7-8,10-17,22-23,40H,5-6,9,18-21H2. The summed E-state index contributed by atoms with van der Waals surface area (Å²) in [6.07, 6.45) is 2.06. The molecule has 0 aliphatic carbocycles. The molecule has 7 nitrogen and oxygen atoms in total. The maximum atomic E-state index is 13.5. The lowest BCUT2D eigenvalue weighted by atomic mass is 9.90. The van der Waals surface area contributed by atoms with Crippen molar-refractivity contribution in [3.05, 3.63) is 119 Å². The van der Waals surface area contributed by atoms with Gasteiger partial charge in [0.05, 0.1) is 0 Å². The van der Waals surface area contributed by atoms with Gasteiger partial charge in [0, 0.05) is 46.1 Å². The molecule has 1 N–H and O–H groups in total. The summed E-state index contributed by atoms with van der Waals surface area (Å²) in [5, 5.41) is 10.8. The first-order chi connectivity index (χ1) is 22.5. The number of amides is 4. The number of hydrogen-bond donors (Lipinski definition) is 1. The Kier molecular flexibility index (Phi) is 6.84. The highest BCUT2D eigenvalue weighted by Crippen LogP contribution is 2.37. The van der Waals surface area contributed by atoms with Crippen LogP contribution in [0.1, 0.15) is 60.7 Å². The predicted octanol–water partition coefficient (Wildman–Crippen LogP) is 6.95. The fraction of sp³-hybridized carbons (Fsp3) is 0.179. The molecule has 8 rings (SSSR count). The molecular weight excluding hydrogens is 574 g/mol. The average Bonchev–Trinajstić information content (AvgIpc) is 3.09. The quantitative estimate of drug-likeness (QED) is 0.110. The zero-order valence-electron chi connectivity index (χ0n) is 25.2. The number of unbranched alkanes of at least 4 members (excludes halogenated alkanes) is 1. The molecule has 0 saturated carbocycles. The lowest BCUT2D eigenvalue weighted by Gasteiger charge is -2.28. The minimum Gasteiger partial charge on any atom is -0.317 e. The van der Waals surface area contributed by atoms with E-state index in [4.69, 9.17) is 0 Å². The van der Waals surface area contributed by atoms with Crippen molar-refractivity contribution in [1.29, 1.82) is 0 Å². The first kappa shape index (κ1) is 28.1. The van der Waals surface area contributed by atoms with Gasteiger partial charge in [-0.3, -0.25) is 29.0 Å². The molecule has 0 aromatic heterocycles. The van der Waals surface area contributed by atoms with Gasteiger partial charge >= 0.3 is 0 Å². The molecule has 0 atom stereocenters. The van der Waals surface area contributed by atoms with Crippen LogP contribution < -0.4 is 5.32 Å². The van der Waals surface area contributed by atoms with Crippen LogP contribution in [-0.4, -0.2) is 59.6 Å². The number of nitrogens with zero attached hydrogens (tertiary/aromatic N) is 2. The van der Waals surface area contributed by atoms with Crippen LogP contribution in [0.15, 0.2) is 97.1 Å². The van der Waals surface area contributed by atoms with Gasteiger partial charge in [0.25, 0.3) is 23.6 Å². The highest BCUT2D eigenvalue weighted by molar-refractivity contribution is 6.30. The molecule has 0 spiro atoms. The molecule has 0 radical (unpaired) electrons. The molecule has 2 aliphatic heterocycles. The summed E-state index contributed by atoms with van der Waals surface area (Å²) in [5.74, 6) is -0.985. The number of carbonyl (C=O) groups excluding carboxylic acids is 4. The van der Waals surface area contributed by atoms with Crippen molar-refractivity contribution in [2.45, 2.75) is 19.3 Å². The molecule has 0 fully saturated rings. The summed E-state index contributed by atoms with van der Waals surface area (Å²) in [6, 6.07) is 31.0. The number of benzene rings is 6. The topological polar surface area (TPSA) is 86.8 Å². The molecule has 46 heavy (non-hydrogen) atoms. The van der Waals surface area contributed by atoms with Crippen LogP contribution in [0, 0.1) is 0 Å². The Morgan fingerprint density at radius 1 is 0.435 bits per heavy atom. The number of fused-ring (bicyclic) bond motifs is 4. The van der Waals surface area contributed by atoms with Crippen molar-refractivity contribution in [2.75, 3.05) is 26.2 Å². The van der Waals surface area contributed by atoms with Gasteiger partial charge in [-0.2, -0.15) is 0 Å². The molecule has 6 aromatic carbocycles. The van der Waals surface area contributed by atoms with E-state index in [-0.39, 0.29) is 23.6 Å². The minimum absolute atomic E-state index is 0.242.